The van der Waals surface area contributed by atoms with Crippen LogP contribution in [-0.2, 0) is 11.2 Å². The van der Waals surface area contributed by atoms with Crippen molar-refractivity contribution >= 4 is 29.3 Å². The van der Waals surface area contributed by atoms with Crippen LogP contribution >= 0.6 is 23.4 Å². The highest BCUT2D eigenvalue weighted by Gasteiger charge is 2.44. The summed E-state index contributed by atoms with van der Waals surface area (Å²) in [6.07, 6.45) is -3.59. The van der Waals surface area contributed by atoms with Gasteiger partial charge in [0, 0.05) is 17.0 Å². The smallest absolute Gasteiger partial charge is 0.337 e. The summed E-state index contributed by atoms with van der Waals surface area (Å²) in [5.74, 6) is 0.0316. The third-order valence-corrected chi connectivity index (χ3v) is 6.54. The van der Waals surface area contributed by atoms with Crippen LogP contribution in [0.15, 0.2) is 42.5 Å². The van der Waals surface area contributed by atoms with Crippen LogP contribution < -0.4 is 4.74 Å². The summed E-state index contributed by atoms with van der Waals surface area (Å²) in [5, 5.41) is 39.6. The number of hydrogen-bond acceptors (Lipinski definition) is 8. The first-order chi connectivity index (χ1) is 14.3. The van der Waals surface area contributed by atoms with Crippen LogP contribution in [0.4, 0.5) is 0 Å². The molecule has 2 aromatic carbocycles. The van der Waals surface area contributed by atoms with Gasteiger partial charge in [-0.3, -0.25) is 0 Å². The molecule has 0 amide bonds. The van der Waals surface area contributed by atoms with E-state index in [1.807, 2.05) is 0 Å². The number of ether oxygens (including phenoxy) is 2. The molecule has 3 rings (SSSR count). The lowest BCUT2D eigenvalue weighted by atomic mass is 10.0. The van der Waals surface area contributed by atoms with Crippen LogP contribution in [0.5, 0.6) is 5.75 Å². The molecule has 4 N–H and O–H groups in total. The maximum atomic E-state index is 11.6. The number of methoxy groups -OCH3 is 1. The van der Waals surface area contributed by atoms with Crippen molar-refractivity contribution in [1.29, 1.82) is 0 Å². The quantitative estimate of drug-likeness (QED) is 0.486. The van der Waals surface area contributed by atoms with E-state index in [9.17, 15) is 25.2 Å². The zero-order chi connectivity index (χ0) is 21.8. The monoisotopic (exact) mass is 454 g/mol. The van der Waals surface area contributed by atoms with Gasteiger partial charge in [-0.05, 0) is 35.9 Å². The molecule has 1 heterocycles. The van der Waals surface area contributed by atoms with Gasteiger partial charge in [-0.2, -0.15) is 0 Å². The number of benzene rings is 2. The maximum Gasteiger partial charge on any atom is 0.337 e. The molecule has 0 bridgehead atoms. The molecule has 2 aromatic rings. The van der Waals surface area contributed by atoms with Crippen molar-refractivity contribution in [3.63, 3.8) is 0 Å². The van der Waals surface area contributed by atoms with E-state index >= 15 is 0 Å². The molecule has 0 radical (unpaired) electrons. The van der Waals surface area contributed by atoms with E-state index in [1.54, 1.807) is 42.5 Å². The lowest BCUT2D eigenvalue weighted by Crippen LogP contribution is -2.55. The van der Waals surface area contributed by atoms with Gasteiger partial charge in [-0.15, -0.1) is 11.8 Å². The second-order valence-corrected chi connectivity index (χ2v) is 8.71. The van der Waals surface area contributed by atoms with E-state index in [2.05, 4.69) is 0 Å². The Balaban J connectivity index is 1.81. The summed E-state index contributed by atoms with van der Waals surface area (Å²) < 4.78 is 10.7. The van der Waals surface area contributed by atoms with Crippen LogP contribution in [-0.4, -0.2) is 69.1 Å². The molecule has 1 saturated heterocycles. The van der Waals surface area contributed by atoms with Gasteiger partial charge in [0.05, 0.1) is 30.6 Å². The number of esters is 1. The van der Waals surface area contributed by atoms with Crippen molar-refractivity contribution in [2.45, 2.75) is 35.4 Å². The highest BCUT2D eigenvalue weighted by Crippen LogP contribution is 2.36. The molecular formula is C21H23ClO7S. The highest BCUT2D eigenvalue weighted by atomic mass is 35.5. The van der Waals surface area contributed by atoms with Crippen molar-refractivity contribution in [3.05, 3.63) is 64.2 Å². The third-order valence-electron chi connectivity index (χ3n) is 4.88. The van der Waals surface area contributed by atoms with Crippen LogP contribution in [0, 0.1) is 0 Å². The minimum absolute atomic E-state index is 0.366. The number of carbonyl (C=O) groups is 1. The first-order valence-corrected chi connectivity index (χ1v) is 10.6. The predicted octanol–water partition coefficient (Wildman–Crippen LogP) is 1.61. The van der Waals surface area contributed by atoms with Crippen LogP contribution in [0.1, 0.15) is 21.5 Å². The van der Waals surface area contributed by atoms with Gasteiger partial charge in [-0.25, -0.2) is 4.79 Å². The van der Waals surface area contributed by atoms with Gasteiger partial charge in [-0.1, -0.05) is 23.7 Å². The summed E-state index contributed by atoms with van der Waals surface area (Å²) in [4.78, 5) is 11.6. The predicted molar refractivity (Wildman–Crippen MR) is 113 cm³/mol. The molecule has 5 unspecified atom stereocenters. The largest absolute Gasteiger partial charge is 0.477 e. The van der Waals surface area contributed by atoms with Gasteiger partial charge in [0.15, 0.2) is 5.44 Å². The van der Waals surface area contributed by atoms with E-state index in [0.29, 0.717) is 22.8 Å². The van der Waals surface area contributed by atoms with Crippen LogP contribution in [0.25, 0.3) is 0 Å². The molecule has 1 aliphatic rings. The lowest BCUT2D eigenvalue weighted by Gasteiger charge is -2.39. The molecule has 5 atom stereocenters. The number of aliphatic hydroxyl groups is 4. The number of halogens is 1. The molecule has 30 heavy (non-hydrogen) atoms. The first-order valence-electron chi connectivity index (χ1n) is 9.27. The molecule has 9 heteroatoms. The van der Waals surface area contributed by atoms with Crippen molar-refractivity contribution < 1.29 is 34.7 Å². The van der Waals surface area contributed by atoms with Gasteiger partial charge in [0.2, 0.25) is 0 Å². The number of aliphatic hydroxyl groups excluding tert-OH is 4. The fraction of sp³-hybridized carbons (Fsp3) is 0.381. The van der Waals surface area contributed by atoms with Crippen LogP contribution in [0.2, 0.25) is 5.02 Å². The molecule has 0 aromatic heterocycles. The maximum absolute atomic E-state index is 11.6. The Kier molecular flexibility index (Phi) is 7.62. The molecular weight excluding hydrogens is 432 g/mol. The van der Waals surface area contributed by atoms with E-state index in [0.717, 1.165) is 22.9 Å². The number of rotatable bonds is 6. The second-order valence-electron chi connectivity index (χ2n) is 6.93. The molecule has 1 fully saturated rings. The Labute approximate surface area is 183 Å². The van der Waals surface area contributed by atoms with E-state index < -0.39 is 35.0 Å². The van der Waals surface area contributed by atoms with Crippen molar-refractivity contribution in [3.8, 4) is 5.75 Å². The molecule has 162 valence electrons. The van der Waals surface area contributed by atoms with Crippen molar-refractivity contribution in [1.82, 2.24) is 0 Å². The Hall–Kier alpha value is -1.81. The van der Waals surface area contributed by atoms with E-state index in [4.69, 9.17) is 21.1 Å². The number of carbonyl (C=O) groups excluding carboxylic acids is 1. The molecule has 1 aliphatic heterocycles. The minimum Gasteiger partial charge on any atom is -0.477 e. The summed E-state index contributed by atoms with van der Waals surface area (Å²) in [7, 11) is 1.32. The molecule has 0 aliphatic carbocycles. The SMILES string of the molecule is COC(=O)c1ccc(Cc2cc(Cl)ccc2OC2SC(CO)C(O)C(O)C2O)cc1. The second kappa shape index (κ2) is 10.00. The van der Waals surface area contributed by atoms with Crippen LogP contribution in [0.3, 0.4) is 0 Å². The lowest BCUT2D eigenvalue weighted by molar-refractivity contribution is -0.0910. The third kappa shape index (κ3) is 5.08. The van der Waals surface area contributed by atoms with E-state index in [-0.39, 0.29) is 6.61 Å². The Bertz CT molecular complexity index is 874. The van der Waals surface area contributed by atoms with Crippen molar-refractivity contribution in [2.24, 2.45) is 0 Å². The summed E-state index contributed by atoms with van der Waals surface area (Å²) >= 11 is 7.21. The van der Waals surface area contributed by atoms with Gasteiger partial charge in [0.25, 0.3) is 0 Å². The molecule has 0 spiro atoms. The fourth-order valence-corrected chi connectivity index (χ4v) is 4.62. The Morgan fingerprint density at radius 2 is 1.77 bits per heavy atom. The zero-order valence-corrected chi connectivity index (χ0v) is 17.7. The van der Waals surface area contributed by atoms with E-state index in [1.165, 1.54) is 7.11 Å². The summed E-state index contributed by atoms with van der Waals surface area (Å²) in [5.41, 5.74) is 1.19. The topological polar surface area (TPSA) is 116 Å². The molecule has 7 nitrogen and oxygen atoms in total. The molecule has 0 saturated carbocycles. The van der Waals surface area contributed by atoms with Gasteiger partial charge in [0.1, 0.15) is 18.0 Å². The van der Waals surface area contributed by atoms with Gasteiger partial charge < -0.3 is 29.9 Å². The fourth-order valence-electron chi connectivity index (χ4n) is 3.19. The van der Waals surface area contributed by atoms with Crippen molar-refractivity contribution in [2.75, 3.05) is 13.7 Å². The number of hydrogen-bond donors (Lipinski definition) is 4. The average molecular weight is 455 g/mol. The van der Waals surface area contributed by atoms with Gasteiger partial charge >= 0.3 is 5.97 Å². The highest BCUT2D eigenvalue weighted by molar-refractivity contribution is 8.00. The Morgan fingerprint density at radius 3 is 2.40 bits per heavy atom. The minimum atomic E-state index is -1.44. The summed E-state index contributed by atoms with van der Waals surface area (Å²) in [6, 6.07) is 12.0. The normalized spacial score (nSPS) is 26.3. The zero-order valence-electron chi connectivity index (χ0n) is 16.1. The standard InChI is InChI=1S/C21H23ClO7S/c1-28-20(27)12-4-2-11(3-5-12)8-13-9-14(22)6-7-15(13)29-21-19(26)18(25)17(24)16(10-23)30-21/h2-7,9,16-19,21,23-26H,8,10H2,1H3. The first kappa shape index (κ1) is 22.9. The average Bonchev–Trinajstić information content (AvgIpc) is 2.75. The summed E-state index contributed by atoms with van der Waals surface area (Å²) in [6.45, 7) is -0.366. The Morgan fingerprint density at radius 1 is 1.07 bits per heavy atom. The number of thioether (sulfide) groups is 1.